The Morgan fingerprint density at radius 2 is 1.89 bits per heavy atom. The van der Waals surface area contributed by atoms with Crippen LogP contribution in [0.5, 0.6) is 0 Å². The molecule has 3 aromatic rings. The fraction of sp³-hybridized carbons (Fsp3) is 0.111. The van der Waals surface area contributed by atoms with E-state index in [0.717, 1.165) is 14.8 Å². The average Bonchev–Trinajstić information content (AvgIpc) is 2.63. The van der Waals surface area contributed by atoms with E-state index in [2.05, 4.69) is 26.3 Å². The second kappa shape index (κ2) is 7.89. The maximum atomic E-state index is 12.9. The molecule has 0 saturated heterocycles. The highest BCUT2D eigenvalue weighted by Gasteiger charge is 2.14. The average molecular weight is 450 g/mol. The normalized spacial score (nSPS) is 10.6. The minimum absolute atomic E-state index is 0.000920. The monoisotopic (exact) mass is 448 g/mol. The molecular weight excluding hydrogens is 436 g/mol. The topological polar surface area (TPSA) is 86.0 Å². The third-order valence-electron chi connectivity index (χ3n) is 3.69. The Morgan fingerprint density at radius 1 is 1.19 bits per heavy atom. The van der Waals surface area contributed by atoms with Crippen LogP contribution in [0.2, 0.25) is 5.02 Å². The predicted octanol–water partition coefficient (Wildman–Crippen LogP) is 2.82. The molecule has 138 valence electrons. The Balaban J connectivity index is 2.09. The van der Waals surface area contributed by atoms with E-state index in [4.69, 9.17) is 11.6 Å². The molecule has 27 heavy (non-hydrogen) atoms. The number of nitrogens with zero attached hydrogens (tertiary/aromatic N) is 3. The molecule has 0 aliphatic rings. The molecule has 9 heteroatoms. The van der Waals surface area contributed by atoms with Gasteiger partial charge < -0.3 is 5.32 Å². The highest BCUT2D eigenvalue weighted by molar-refractivity contribution is 9.10. The van der Waals surface area contributed by atoms with Crippen molar-refractivity contribution in [3.63, 3.8) is 0 Å². The molecule has 0 saturated carbocycles. The van der Waals surface area contributed by atoms with Gasteiger partial charge in [0.2, 0.25) is 5.91 Å². The molecular formula is C18H14BrClN4O3. The molecule has 0 fully saturated rings. The van der Waals surface area contributed by atoms with Gasteiger partial charge in [-0.1, -0.05) is 29.8 Å². The fourth-order valence-corrected chi connectivity index (χ4v) is 2.98. The number of hydrogen-bond acceptors (Lipinski definition) is 4. The molecule has 0 radical (unpaired) electrons. The zero-order valence-corrected chi connectivity index (χ0v) is 16.5. The van der Waals surface area contributed by atoms with E-state index >= 15 is 0 Å². The zero-order valence-electron chi connectivity index (χ0n) is 14.1. The molecule has 0 spiro atoms. The van der Waals surface area contributed by atoms with Gasteiger partial charge in [-0.05, 0) is 51.8 Å². The summed E-state index contributed by atoms with van der Waals surface area (Å²) in [4.78, 5) is 36.5. The first-order chi connectivity index (χ1) is 12.8. The second-order valence-electron chi connectivity index (χ2n) is 5.73. The first-order valence-corrected chi connectivity index (χ1v) is 9.04. The third kappa shape index (κ3) is 4.35. The molecule has 0 atom stereocenters. The highest BCUT2D eigenvalue weighted by atomic mass is 79.9. The number of anilines is 1. The van der Waals surface area contributed by atoms with Crippen molar-refractivity contribution in [2.75, 3.05) is 5.32 Å². The van der Waals surface area contributed by atoms with Gasteiger partial charge in [-0.15, -0.1) is 0 Å². The Labute approximate surface area is 167 Å². The maximum absolute atomic E-state index is 12.9. The SMILES string of the molecule is CC(=O)Nc1cccc(-n2nc(Br)c(=O)n(Cc3ccc(Cl)cc3)c2=O)c1. The van der Waals surface area contributed by atoms with Crippen LogP contribution in [-0.2, 0) is 11.3 Å². The summed E-state index contributed by atoms with van der Waals surface area (Å²) in [6.07, 6.45) is 0. The van der Waals surface area contributed by atoms with Crippen molar-refractivity contribution < 1.29 is 4.79 Å². The zero-order chi connectivity index (χ0) is 19.6. The lowest BCUT2D eigenvalue weighted by molar-refractivity contribution is -0.114. The molecule has 1 amide bonds. The minimum Gasteiger partial charge on any atom is -0.326 e. The molecule has 0 unspecified atom stereocenters. The summed E-state index contributed by atoms with van der Waals surface area (Å²) in [5.41, 5.74) is 0.537. The lowest BCUT2D eigenvalue weighted by Gasteiger charge is -2.11. The van der Waals surface area contributed by atoms with E-state index in [0.29, 0.717) is 16.4 Å². The van der Waals surface area contributed by atoms with Crippen LogP contribution in [0, 0.1) is 0 Å². The van der Waals surface area contributed by atoms with Crippen molar-refractivity contribution in [2.45, 2.75) is 13.5 Å². The van der Waals surface area contributed by atoms with E-state index in [1.165, 1.54) is 6.92 Å². The molecule has 1 N–H and O–H groups in total. The largest absolute Gasteiger partial charge is 0.352 e. The quantitative estimate of drug-likeness (QED) is 0.664. The van der Waals surface area contributed by atoms with Gasteiger partial charge in [0.1, 0.15) is 0 Å². The number of nitrogens with one attached hydrogen (secondary N) is 1. The van der Waals surface area contributed by atoms with E-state index in [1.54, 1.807) is 48.5 Å². The maximum Gasteiger partial charge on any atom is 0.352 e. The predicted molar refractivity (Wildman–Crippen MR) is 107 cm³/mol. The van der Waals surface area contributed by atoms with Crippen LogP contribution in [0.15, 0.2) is 62.7 Å². The molecule has 3 rings (SSSR count). The Bertz CT molecular complexity index is 1120. The number of aromatic nitrogens is 3. The number of hydrogen-bond donors (Lipinski definition) is 1. The first-order valence-electron chi connectivity index (χ1n) is 7.87. The number of amides is 1. The molecule has 1 heterocycles. The molecule has 0 aliphatic carbocycles. The smallest absolute Gasteiger partial charge is 0.326 e. The van der Waals surface area contributed by atoms with Crippen LogP contribution in [0.25, 0.3) is 5.69 Å². The summed E-state index contributed by atoms with van der Waals surface area (Å²) in [5, 5.41) is 7.24. The molecule has 2 aromatic carbocycles. The van der Waals surface area contributed by atoms with Gasteiger partial charge in [0, 0.05) is 17.6 Å². The summed E-state index contributed by atoms with van der Waals surface area (Å²) >= 11 is 8.99. The lowest BCUT2D eigenvalue weighted by atomic mass is 10.2. The van der Waals surface area contributed by atoms with Crippen LogP contribution in [0.4, 0.5) is 5.69 Å². The van der Waals surface area contributed by atoms with Crippen molar-refractivity contribution in [3.05, 3.63) is 84.6 Å². The van der Waals surface area contributed by atoms with Crippen LogP contribution in [0.1, 0.15) is 12.5 Å². The fourth-order valence-electron chi connectivity index (χ4n) is 2.48. The van der Waals surface area contributed by atoms with E-state index in [9.17, 15) is 14.4 Å². The van der Waals surface area contributed by atoms with Crippen LogP contribution in [0.3, 0.4) is 0 Å². The van der Waals surface area contributed by atoms with Crippen LogP contribution >= 0.6 is 27.5 Å². The second-order valence-corrected chi connectivity index (χ2v) is 6.92. The first kappa shape index (κ1) is 19.1. The summed E-state index contributed by atoms with van der Waals surface area (Å²) in [6, 6.07) is 13.5. The van der Waals surface area contributed by atoms with Crippen molar-refractivity contribution in [3.8, 4) is 5.69 Å². The van der Waals surface area contributed by atoms with Gasteiger partial charge in [-0.2, -0.15) is 9.78 Å². The summed E-state index contributed by atoms with van der Waals surface area (Å²) < 4.78 is 2.18. The lowest BCUT2D eigenvalue weighted by Crippen LogP contribution is -2.41. The Kier molecular flexibility index (Phi) is 5.57. The Morgan fingerprint density at radius 3 is 2.56 bits per heavy atom. The molecule has 1 aromatic heterocycles. The molecule has 7 nitrogen and oxygen atoms in total. The number of carbonyl (C=O) groups excluding carboxylic acids is 1. The van der Waals surface area contributed by atoms with Crippen molar-refractivity contribution >= 4 is 39.1 Å². The van der Waals surface area contributed by atoms with Crippen LogP contribution < -0.4 is 16.6 Å². The van der Waals surface area contributed by atoms with Gasteiger partial charge in [0.05, 0.1) is 12.2 Å². The van der Waals surface area contributed by atoms with E-state index < -0.39 is 11.2 Å². The van der Waals surface area contributed by atoms with Crippen molar-refractivity contribution in [1.82, 2.24) is 14.3 Å². The van der Waals surface area contributed by atoms with Crippen LogP contribution in [-0.4, -0.2) is 20.3 Å². The standard InChI is InChI=1S/C18H14BrClN4O3/c1-11(25)21-14-3-2-4-15(9-14)24-18(27)23(17(26)16(19)22-24)10-12-5-7-13(20)8-6-12/h2-9H,10H2,1H3,(H,21,25). The summed E-state index contributed by atoms with van der Waals surface area (Å²) in [5.74, 6) is -0.235. The van der Waals surface area contributed by atoms with Gasteiger partial charge in [0.15, 0.2) is 4.60 Å². The third-order valence-corrected chi connectivity index (χ3v) is 4.44. The van der Waals surface area contributed by atoms with Gasteiger partial charge in [-0.25, -0.2) is 4.79 Å². The number of halogens is 2. The van der Waals surface area contributed by atoms with Gasteiger partial charge in [-0.3, -0.25) is 14.2 Å². The van der Waals surface area contributed by atoms with Gasteiger partial charge >= 0.3 is 5.69 Å². The minimum atomic E-state index is -0.599. The molecule has 0 bridgehead atoms. The number of benzene rings is 2. The summed E-state index contributed by atoms with van der Waals surface area (Å²) in [6.45, 7) is 1.46. The van der Waals surface area contributed by atoms with Gasteiger partial charge in [0.25, 0.3) is 5.56 Å². The highest BCUT2D eigenvalue weighted by Crippen LogP contribution is 2.14. The molecule has 0 aliphatic heterocycles. The number of rotatable bonds is 4. The van der Waals surface area contributed by atoms with Crippen molar-refractivity contribution in [1.29, 1.82) is 0 Å². The number of carbonyl (C=O) groups is 1. The van der Waals surface area contributed by atoms with E-state index in [1.807, 2.05) is 0 Å². The Hall–Kier alpha value is -2.71. The van der Waals surface area contributed by atoms with Crippen molar-refractivity contribution in [2.24, 2.45) is 0 Å². The van der Waals surface area contributed by atoms with E-state index in [-0.39, 0.29) is 17.1 Å². The summed E-state index contributed by atoms with van der Waals surface area (Å²) in [7, 11) is 0.